The van der Waals surface area contributed by atoms with Gasteiger partial charge < -0.3 is 0 Å². The molecule has 1 fully saturated rings. The van der Waals surface area contributed by atoms with E-state index in [1.807, 2.05) is 0 Å². The highest BCUT2D eigenvalue weighted by Gasteiger charge is 2.19. The molecule has 1 radical (unpaired) electrons. The maximum atomic E-state index is 2.55. The molecule has 0 aromatic heterocycles. The van der Waals surface area contributed by atoms with Crippen LogP contribution >= 0.6 is 0 Å². The molecule has 0 amide bonds. The summed E-state index contributed by atoms with van der Waals surface area (Å²) >= 11 is 0. The van der Waals surface area contributed by atoms with Crippen LogP contribution in [0.2, 0.25) is 12.1 Å². The monoisotopic (exact) mass is 151 g/mol. The molecule has 0 nitrogen and oxygen atoms in total. The third kappa shape index (κ3) is 2.88. The van der Waals surface area contributed by atoms with Crippen LogP contribution in [0.4, 0.5) is 0 Å². The van der Waals surface area contributed by atoms with Crippen molar-refractivity contribution >= 4 is 7.28 Å². The number of rotatable bonds is 4. The molecular weight excluding hydrogens is 131 g/mol. The molecule has 1 aliphatic carbocycles. The Morgan fingerprint density at radius 1 is 1.27 bits per heavy atom. The van der Waals surface area contributed by atoms with Crippen LogP contribution in [0, 0.1) is 11.8 Å². The second-order valence-electron chi connectivity index (χ2n) is 4.38. The predicted molar refractivity (Wildman–Crippen MR) is 52.2 cm³/mol. The van der Waals surface area contributed by atoms with Crippen LogP contribution in [0.15, 0.2) is 0 Å². The van der Waals surface area contributed by atoms with Gasteiger partial charge in [0, 0.05) is 0 Å². The summed E-state index contributed by atoms with van der Waals surface area (Å²) in [6.07, 6.45) is 5.73. The molecule has 0 aromatic rings. The van der Waals surface area contributed by atoms with Gasteiger partial charge in [-0.3, -0.25) is 0 Å². The molecule has 0 bridgehead atoms. The van der Waals surface area contributed by atoms with Gasteiger partial charge in [-0.25, -0.2) is 0 Å². The van der Waals surface area contributed by atoms with E-state index in [0.717, 1.165) is 17.7 Å². The van der Waals surface area contributed by atoms with Crippen molar-refractivity contribution in [2.75, 3.05) is 0 Å². The Morgan fingerprint density at radius 3 is 2.27 bits per heavy atom. The van der Waals surface area contributed by atoms with Crippen LogP contribution in [-0.4, -0.2) is 7.28 Å². The van der Waals surface area contributed by atoms with E-state index in [1.54, 1.807) is 0 Å². The Bertz CT molecular complexity index is 105. The topological polar surface area (TPSA) is 0 Å². The minimum absolute atomic E-state index is 0.853. The Kier molecular flexibility index (Phi) is 3.48. The fourth-order valence-electron chi connectivity index (χ4n) is 1.35. The van der Waals surface area contributed by atoms with Gasteiger partial charge in [0.05, 0.1) is 0 Å². The molecule has 63 valence electrons. The number of hydrogen-bond acceptors (Lipinski definition) is 0. The van der Waals surface area contributed by atoms with Gasteiger partial charge in [0.15, 0.2) is 0 Å². The molecule has 0 saturated heterocycles. The average molecular weight is 151 g/mol. The third-order valence-corrected chi connectivity index (χ3v) is 3.13. The summed E-state index contributed by atoms with van der Waals surface area (Å²) in [5.74, 6) is 2.72. The summed E-state index contributed by atoms with van der Waals surface area (Å²) in [4.78, 5) is 0. The fraction of sp³-hybridized carbons (Fsp3) is 1.00. The van der Waals surface area contributed by atoms with Crippen LogP contribution in [0.1, 0.15) is 40.0 Å². The fourth-order valence-corrected chi connectivity index (χ4v) is 1.35. The Labute approximate surface area is 72.0 Å². The molecule has 1 aliphatic rings. The van der Waals surface area contributed by atoms with Crippen LogP contribution < -0.4 is 0 Å². The van der Waals surface area contributed by atoms with Crippen molar-refractivity contribution in [3.8, 4) is 0 Å². The highest BCUT2D eigenvalue weighted by atomic mass is 14.1. The molecule has 1 saturated carbocycles. The second-order valence-corrected chi connectivity index (χ2v) is 4.38. The van der Waals surface area contributed by atoms with Crippen LogP contribution in [-0.2, 0) is 0 Å². The van der Waals surface area contributed by atoms with Gasteiger partial charge in [-0.15, -0.1) is 0 Å². The molecule has 0 aliphatic heterocycles. The zero-order chi connectivity index (χ0) is 8.27. The standard InChI is InChI=1S/C10H20B/c1-8(2)9(3)7-11-10-5-4-6-10/h8-10H,4-7H2,1-3H3. The van der Waals surface area contributed by atoms with Crippen molar-refractivity contribution in [3.05, 3.63) is 0 Å². The Morgan fingerprint density at radius 2 is 1.91 bits per heavy atom. The number of hydrogen-bond donors (Lipinski definition) is 0. The van der Waals surface area contributed by atoms with E-state index in [4.69, 9.17) is 0 Å². The lowest BCUT2D eigenvalue weighted by Crippen LogP contribution is -2.16. The largest absolute Gasteiger partial charge is 0.113 e. The van der Waals surface area contributed by atoms with E-state index in [-0.39, 0.29) is 0 Å². The summed E-state index contributed by atoms with van der Waals surface area (Å²) < 4.78 is 0. The Balaban J connectivity index is 2.01. The van der Waals surface area contributed by atoms with Crippen molar-refractivity contribution < 1.29 is 0 Å². The van der Waals surface area contributed by atoms with Gasteiger partial charge in [-0.05, 0) is 11.8 Å². The van der Waals surface area contributed by atoms with E-state index in [0.29, 0.717) is 0 Å². The first kappa shape index (κ1) is 9.16. The summed E-state index contributed by atoms with van der Waals surface area (Å²) in [5.41, 5.74) is 0. The molecule has 0 aromatic carbocycles. The van der Waals surface area contributed by atoms with Crippen molar-refractivity contribution in [2.24, 2.45) is 11.8 Å². The molecule has 1 unspecified atom stereocenters. The Hall–Kier alpha value is 0.0649. The molecule has 11 heavy (non-hydrogen) atoms. The molecule has 1 rings (SSSR count). The van der Waals surface area contributed by atoms with Gasteiger partial charge >= 0.3 is 0 Å². The van der Waals surface area contributed by atoms with Gasteiger partial charge in [0.1, 0.15) is 7.28 Å². The zero-order valence-electron chi connectivity index (χ0n) is 8.14. The van der Waals surface area contributed by atoms with Gasteiger partial charge in [0.25, 0.3) is 0 Å². The minimum Gasteiger partial charge on any atom is -0.0772 e. The quantitative estimate of drug-likeness (QED) is 0.540. The third-order valence-electron chi connectivity index (χ3n) is 3.13. The SMILES string of the molecule is CC(C)C(C)C[B]C1CCC1. The van der Waals surface area contributed by atoms with Crippen LogP contribution in [0.3, 0.4) is 0 Å². The van der Waals surface area contributed by atoms with Crippen LogP contribution in [0.25, 0.3) is 0 Å². The van der Waals surface area contributed by atoms with Crippen LogP contribution in [0.5, 0.6) is 0 Å². The average Bonchev–Trinajstić information content (AvgIpc) is 1.83. The van der Waals surface area contributed by atoms with E-state index >= 15 is 0 Å². The van der Waals surface area contributed by atoms with Gasteiger partial charge in [0.2, 0.25) is 0 Å². The van der Waals surface area contributed by atoms with Crippen molar-refractivity contribution in [1.82, 2.24) is 0 Å². The van der Waals surface area contributed by atoms with Crippen molar-refractivity contribution in [1.29, 1.82) is 0 Å². The summed E-state index contributed by atoms with van der Waals surface area (Å²) in [6, 6.07) is 0. The van der Waals surface area contributed by atoms with Gasteiger partial charge in [-0.1, -0.05) is 52.2 Å². The maximum Gasteiger partial charge on any atom is 0.113 e. The second kappa shape index (κ2) is 4.18. The zero-order valence-corrected chi connectivity index (χ0v) is 8.14. The normalized spacial score (nSPS) is 21.5. The summed E-state index contributed by atoms with van der Waals surface area (Å²) in [5, 5.41) is 0. The van der Waals surface area contributed by atoms with E-state index in [2.05, 4.69) is 28.1 Å². The molecule has 0 heterocycles. The molecule has 1 heteroatoms. The lowest BCUT2D eigenvalue weighted by Gasteiger charge is -2.26. The highest BCUT2D eigenvalue weighted by molar-refractivity contribution is 6.37. The first-order valence-electron chi connectivity index (χ1n) is 5.03. The lowest BCUT2D eigenvalue weighted by molar-refractivity contribution is 0.444. The van der Waals surface area contributed by atoms with E-state index in [9.17, 15) is 0 Å². The first-order chi connectivity index (χ1) is 5.20. The molecule has 0 N–H and O–H groups in total. The first-order valence-corrected chi connectivity index (χ1v) is 5.03. The minimum atomic E-state index is 0.853. The highest BCUT2D eigenvalue weighted by Crippen LogP contribution is 2.33. The molecular formula is C10H20B. The van der Waals surface area contributed by atoms with E-state index in [1.165, 1.54) is 25.6 Å². The molecule has 0 spiro atoms. The van der Waals surface area contributed by atoms with E-state index < -0.39 is 0 Å². The lowest BCUT2D eigenvalue weighted by atomic mass is 9.51. The van der Waals surface area contributed by atoms with Gasteiger partial charge in [-0.2, -0.15) is 0 Å². The predicted octanol–water partition coefficient (Wildman–Crippen LogP) is 3.37. The summed E-state index contributed by atoms with van der Waals surface area (Å²) in [7, 11) is 2.55. The summed E-state index contributed by atoms with van der Waals surface area (Å²) in [6.45, 7) is 7.00. The van der Waals surface area contributed by atoms with Crippen molar-refractivity contribution in [2.45, 2.75) is 52.2 Å². The molecule has 1 atom stereocenters. The maximum absolute atomic E-state index is 2.55. The smallest absolute Gasteiger partial charge is 0.0772 e. The van der Waals surface area contributed by atoms with Crippen molar-refractivity contribution in [3.63, 3.8) is 0 Å².